The van der Waals surface area contributed by atoms with Crippen LogP contribution in [-0.4, -0.2) is 23.0 Å². The third-order valence-corrected chi connectivity index (χ3v) is 2.55. The van der Waals surface area contributed by atoms with Gasteiger partial charge in [0, 0.05) is 18.1 Å². The van der Waals surface area contributed by atoms with E-state index in [0.29, 0.717) is 6.92 Å². The smallest absolute Gasteiger partial charge is 0.337 e. The number of rotatable bonds is 3. The predicted octanol–water partition coefficient (Wildman–Crippen LogP) is 1.65. The second kappa shape index (κ2) is 4.09. The second-order valence-electron chi connectivity index (χ2n) is 3.92. The van der Waals surface area contributed by atoms with Crippen molar-refractivity contribution < 1.29 is 33.3 Å². The van der Waals surface area contributed by atoms with Crippen molar-refractivity contribution in [3.05, 3.63) is 23.3 Å². The average molecular weight is 260 g/mol. The summed E-state index contributed by atoms with van der Waals surface area (Å²) in [6, 6.07) is 2.05. The van der Waals surface area contributed by atoms with Crippen LogP contribution >= 0.6 is 0 Å². The molecule has 1 aromatic rings. The van der Waals surface area contributed by atoms with Crippen LogP contribution in [0.15, 0.2) is 12.1 Å². The first-order valence-electron chi connectivity index (χ1n) is 5.03. The zero-order valence-corrected chi connectivity index (χ0v) is 9.31. The molecule has 1 unspecified atom stereocenters. The van der Waals surface area contributed by atoms with Gasteiger partial charge in [0.2, 0.25) is 6.79 Å². The van der Waals surface area contributed by atoms with Crippen LogP contribution < -0.4 is 9.47 Å². The zero-order valence-electron chi connectivity index (χ0n) is 9.31. The van der Waals surface area contributed by atoms with Crippen LogP contribution in [0.4, 0.5) is 8.78 Å². The van der Waals surface area contributed by atoms with Crippen LogP contribution in [-0.2, 0) is 10.7 Å². The number of aliphatic hydroxyl groups is 1. The van der Waals surface area contributed by atoms with Gasteiger partial charge in [-0.2, -0.15) is 0 Å². The zero-order chi connectivity index (χ0) is 13.5. The second-order valence-corrected chi connectivity index (χ2v) is 3.92. The molecule has 2 N–H and O–H groups in total. The maximum absolute atomic E-state index is 13.4. The number of fused-ring (bicyclic) bond motifs is 1. The van der Waals surface area contributed by atoms with Crippen molar-refractivity contribution in [1.82, 2.24) is 0 Å². The Hall–Kier alpha value is -1.89. The van der Waals surface area contributed by atoms with Gasteiger partial charge in [-0.25, -0.2) is 13.6 Å². The van der Waals surface area contributed by atoms with Crippen molar-refractivity contribution >= 4 is 5.97 Å². The van der Waals surface area contributed by atoms with Crippen LogP contribution in [0.25, 0.3) is 0 Å². The number of halogens is 2. The standard InChI is InChI=1S/C11H10F2O5/c1-11(12,13)6-3-8-7(17-4-18-8)2-5(6)9(14)10(15)16/h2-3,9,14H,4H2,1H3,(H,15,16). The van der Waals surface area contributed by atoms with Crippen molar-refractivity contribution in [3.8, 4) is 11.5 Å². The summed E-state index contributed by atoms with van der Waals surface area (Å²) in [6.07, 6.45) is -2.04. The van der Waals surface area contributed by atoms with E-state index in [9.17, 15) is 18.7 Å². The summed E-state index contributed by atoms with van der Waals surface area (Å²) in [6.45, 7) is 0.485. The van der Waals surface area contributed by atoms with Gasteiger partial charge in [0.1, 0.15) is 0 Å². The molecule has 0 saturated heterocycles. The van der Waals surface area contributed by atoms with Crippen molar-refractivity contribution in [2.75, 3.05) is 6.79 Å². The largest absolute Gasteiger partial charge is 0.479 e. The topological polar surface area (TPSA) is 76.0 Å². The first-order valence-corrected chi connectivity index (χ1v) is 5.03. The first-order chi connectivity index (χ1) is 8.30. The van der Waals surface area contributed by atoms with Gasteiger partial charge in [0.15, 0.2) is 17.6 Å². The Balaban J connectivity index is 2.59. The van der Waals surface area contributed by atoms with E-state index in [1.807, 2.05) is 0 Å². The minimum absolute atomic E-state index is 0.105. The number of alkyl halides is 2. The van der Waals surface area contributed by atoms with Crippen molar-refractivity contribution in [3.63, 3.8) is 0 Å². The molecule has 0 fully saturated rings. The number of aliphatic hydroxyl groups excluding tert-OH is 1. The van der Waals surface area contributed by atoms with E-state index in [-0.39, 0.29) is 18.3 Å². The van der Waals surface area contributed by atoms with Crippen molar-refractivity contribution in [2.45, 2.75) is 19.0 Å². The average Bonchev–Trinajstić information content (AvgIpc) is 2.71. The number of hydrogen-bond donors (Lipinski definition) is 2. The number of aliphatic carboxylic acids is 1. The Morgan fingerprint density at radius 1 is 1.39 bits per heavy atom. The molecule has 1 heterocycles. The number of hydrogen-bond acceptors (Lipinski definition) is 4. The molecule has 5 nitrogen and oxygen atoms in total. The molecule has 0 radical (unpaired) electrons. The quantitative estimate of drug-likeness (QED) is 0.864. The third kappa shape index (κ3) is 2.08. The summed E-state index contributed by atoms with van der Waals surface area (Å²) in [5.41, 5.74) is -0.999. The molecule has 18 heavy (non-hydrogen) atoms. The molecule has 0 saturated carbocycles. The molecule has 7 heteroatoms. The summed E-state index contributed by atoms with van der Waals surface area (Å²) in [5.74, 6) is -4.67. The molecule has 0 amide bonds. The number of carbonyl (C=O) groups is 1. The van der Waals surface area contributed by atoms with E-state index in [1.165, 1.54) is 0 Å². The molecule has 0 bridgehead atoms. The normalized spacial score (nSPS) is 15.6. The van der Waals surface area contributed by atoms with E-state index in [0.717, 1.165) is 12.1 Å². The molecular formula is C11H10F2O5. The van der Waals surface area contributed by atoms with Crippen LogP contribution in [0, 0.1) is 0 Å². The lowest BCUT2D eigenvalue weighted by Crippen LogP contribution is -2.18. The Bertz CT molecular complexity index is 495. The molecule has 98 valence electrons. The van der Waals surface area contributed by atoms with Crippen LogP contribution in [0.2, 0.25) is 0 Å². The van der Waals surface area contributed by atoms with Gasteiger partial charge in [0.25, 0.3) is 5.92 Å². The summed E-state index contributed by atoms with van der Waals surface area (Å²) in [7, 11) is 0. The number of carboxylic acids is 1. The fourth-order valence-electron chi connectivity index (χ4n) is 1.70. The summed E-state index contributed by atoms with van der Waals surface area (Å²) < 4.78 is 36.7. The van der Waals surface area contributed by atoms with Gasteiger partial charge >= 0.3 is 5.97 Å². The van der Waals surface area contributed by atoms with Gasteiger partial charge in [-0.05, 0) is 12.1 Å². The molecule has 0 aliphatic carbocycles. The lowest BCUT2D eigenvalue weighted by Gasteiger charge is -2.18. The summed E-state index contributed by atoms with van der Waals surface area (Å²) in [4.78, 5) is 10.7. The lowest BCUT2D eigenvalue weighted by molar-refractivity contribution is -0.147. The third-order valence-electron chi connectivity index (χ3n) is 2.55. The Morgan fingerprint density at radius 2 is 1.94 bits per heavy atom. The number of ether oxygens (including phenoxy) is 2. The highest BCUT2D eigenvalue weighted by Gasteiger charge is 2.34. The van der Waals surface area contributed by atoms with Crippen LogP contribution in [0.1, 0.15) is 24.2 Å². The maximum Gasteiger partial charge on any atom is 0.337 e. The SMILES string of the molecule is CC(F)(F)c1cc2c(cc1C(O)C(=O)O)OCO2. The minimum Gasteiger partial charge on any atom is -0.479 e. The predicted molar refractivity (Wildman–Crippen MR) is 54.7 cm³/mol. The molecule has 2 rings (SSSR count). The molecule has 1 aliphatic rings. The lowest BCUT2D eigenvalue weighted by atomic mass is 9.97. The van der Waals surface area contributed by atoms with Gasteiger partial charge in [-0.1, -0.05) is 0 Å². The molecule has 1 aromatic carbocycles. The van der Waals surface area contributed by atoms with Crippen LogP contribution in [0.3, 0.4) is 0 Å². The Labute approximate surface area is 101 Å². The van der Waals surface area contributed by atoms with Crippen molar-refractivity contribution in [1.29, 1.82) is 0 Å². The van der Waals surface area contributed by atoms with E-state index in [2.05, 4.69) is 0 Å². The monoisotopic (exact) mass is 260 g/mol. The van der Waals surface area contributed by atoms with E-state index < -0.39 is 29.1 Å². The van der Waals surface area contributed by atoms with Gasteiger partial charge < -0.3 is 19.7 Å². The first kappa shape index (κ1) is 12.6. The molecular weight excluding hydrogens is 250 g/mol. The van der Waals surface area contributed by atoms with Gasteiger partial charge in [-0.15, -0.1) is 0 Å². The highest BCUT2D eigenvalue weighted by atomic mass is 19.3. The highest BCUT2D eigenvalue weighted by Crippen LogP contribution is 2.42. The van der Waals surface area contributed by atoms with Crippen molar-refractivity contribution in [2.24, 2.45) is 0 Å². The fourth-order valence-corrected chi connectivity index (χ4v) is 1.70. The van der Waals surface area contributed by atoms with E-state index in [4.69, 9.17) is 14.6 Å². The summed E-state index contributed by atoms with van der Waals surface area (Å²) in [5, 5.41) is 18.2. The van der Waals surface area contributed by atoms with Gasteiger partial charge in [0.05, 0.1) is 0 Å². The number of carboxylic acid groups (broad SMARTS) is 1. The Kier molecular flexibility index (Phi) is 2.86. The van der Waals surface area contributed by atoms with Gasteiger partial charge in [-0.3, -0.25) is 0 Å². The summed E-state index contributed by atoms with van der Waals surface area (Å²) >= 11 is 0. The number of benzene rings is 1. The highest BCUT2D eigenvalue weighted by molar-refractivity contribution is 5.75. The maximum atomic E-state index is 13.4. The molecule has 1 aliphatic heterocycles. The van der Waals surface area contributed by atoms with Crippen LogP contribution in [0.5, 0.6) is 11.5 Å². The van der Waals surface area contributed by atoms with E-state index >= 15 is 0 Å². The fraction of sp³-hybridized carbons (Fsp3) is 0.364. The molecule has 0 aromatic heterocycles. The van der Waals surface area contributed by atoms with E-state index in [1.54, 1.807) is 0 Å². The molecule has 1 atom stereocenters. The Morgan fingerprint density at radius 3 is 2.44 bits per heavy atom. The molecule has 0 spiro atoms. The minimum atomic E-state index is -3.30.